The van der Waals surface area contributed by atoms with E-state index in [2.05, 4.69) is 10.5 Å². The lowest BCUT2D eigenvalue weighted by atomic mass is 10.2. The number of anilines is 1. The number of nitrogens with zero attached hydrogens (tertiary/aromatic N) is 1. The number of alkyl halides is 3. The van der Waals surface area contributed by atoms with Gasteiger partial charge in [-0.1, -0.05) is 23.2 Å². The second-order valence-electron chi connectivity index (χ2n) is 3.02. The van der Waals surface area contributed by atoms with Crippen molar-refractivity contribution in [1.29, 1.82) is 0 Å². The van der Waals surface area contributed by atoms with Gasteiger partial charge in [-0.2, -0.15) is 18.3 Å². The Morgan fingerprint density at radius 1 is 1.33 bits per heavy atom. The number of carboxylic acid groups (broad SMARTS) is 1. The Morgan fingerprint density at radius 3 is 2.22 bits per heavy atom. The molecule has 0 saturated carbocycles. The van der Waals surface area contributed by atoms with Crippen LogP contribution in [0.15, 0.2) is 17.2 Å². The predicted molar refractivity (Wildman–Crippen MR) is 61.2 cm³/mol. The van der Waals surface area contributed by atoms with Crippen molar-refractivity contribution in [2.45, 2.75) is 6.18 Å². The van der Waals surface area contributed by atoms with Gasteiger partial charge < -0.3 is 5.11 Å². The highest BCUT2D eigenvalue weighted by molar-refractivity contribution is 6.39. The lowest BCUT2D eigenvalue weighted by Gasteiger charge is -2.11. The van der Waals surface area contributed by atoms with Gasteiger partial charge in [0.2, 0.25) is 0 Å². The molecule has 2 N–H and O–H groups in total. The molecule has 0 aliphatic carbocycles. The highest BCUT2D eigenvalue weighted by atomic mass is 35.5. The van der Waals surface area contributed by atoms with Crippen LogP contribution in [0.2, 0.25) is 10.0 Å². The van der Waals surface area contributed by atoms with Gasteiger partial charge in [-0.25, -0.2) is 4.79 Å². The average Bonchev–Trinajstić information content (AvgIpc) is 2.20. The maximum atomic E-state index is 12.4. The van der Waals surface area contributed by atoms with E-state index in [-0.39, 0.29) is 15.7 Å². The van der Waals surface area contributed by atoms with E-state index in [1.165, 1.54) is 0 Å². The summed E-state index contributed by atoms with van der Waals surface area (Å²) in [5.41, 5.74) is 1.03. The summed E-state index contributed by atoms with van der Waals surface area (Å²) in [4.78, 5) is 10.1. The fourth-order valence-electron chi connectivity index (χ4n) is 0.996. The van der Waals surface area contributed by atoms with Crippen LogP contribution in [0.1, 0.15) is 5.56 Å². The minimum atomic E-state index is -4.57. The van der Waals surface area contributed by atoms with Crippen molar-refractivity contribution in [3.05, 3.63) is 27.7 Å². The lowest BCUT2D eigenvalue weighted by molar-refractivity contribution is -0.137. The quantitative estimate of drug-likeness (QED) is 0.663. The number of carboxylic acids is 1. The molecular weight excluding hydrogens is 296 g/mol. The highest BCUT2D eigenvalue weighted by Gasteiger charge is 2.31. The summed E-state index contributed by atoms with van der Waals surface area (Å²) >= 11 is 11.2. The van der Waals surface area contributed by atoms with Crippen molar-refractivity contribution in [2.75, 3.05) is 5.43 Å². The number of hydrogen-bond acceptors (Lipinski definition) is 3. The molecule has 0 amide bonds. The van der Waals surface area contributed by atoms with Gasteiger partial charge in [-0.05, 0) is 12.1 Å². The molecule has 1 aromatic rings. The monoisotopic (exact) mass is 300 g/mol. The molecule has 0 aliphatic rings. The third-order valence-corrected chi connectivity index (χ3v) is 2.32. The second kappa shape index (κ2) is 5.45. The van der Waals surface area contributed by atoms with Gasteiger partial charge in [0.1, 0.15) is 6.21 Å². The summed E-state index contributed by atoms with van der Waals surface area (Å²) in [6, 6.07) is 1.32. The summed E-state index contributed by atoms with van der Waals surface area (Å²) in [7, 11) is 0. The molecule has 18 heavy (non-hydrogen) atoms. The molecule has 0 aromatic heterocycles. The third kappa shape index (κ3) is 3.78. The lowest BCUT2D eigenvalue weighted by Crippen LogP contribution is -2.06. The zero-order valence-electron chi connectivity index (χ0n) is 8.42. The summed E-state index contributed by atoms with van der Waals surface area (Å²) in [5, 5.41) is 10.9. The molecule has 0 fully saturated rings. The first-order valence-electron chi connectivity index (χ1n) is 4.30. The molecule has 0 saturated heterocycles. The minimum Gasteiger partial charge on any atom is -0.477 e. The first kappa shape index (κ1) is 14.6. The van der Waals surface area contributed by atoms with Crippen LogP contribution in [-0.2, 0) is 11.0 Å². The Hall–Kier alpha value is -1.47. The van der Waals surface area contributed by atoms with E-state index in [4.69, 9.17) is 28.3 Å². The fourth-order valence-corrected chi connectivity index (χ4v) is 1.57. The predicted octanol–water partition coefficient (Wildman–Crippen LogP) is 3.49. The van der Waals surface area contributed by atoms with E-state index in [1.54, 1.807) is 0 Å². The van der Waals surface area contributed by atoms with Crippen LogP contribution >= 0.6 is 23.2 Å². The van der Waals surface area contributed by atoms with Gasteiger partial charge in [0.05, 0.1) is 21.3 Å². The number of aliphatic carboxylic acids is 1. The Bertz CT molecular complexity index is 480. The number of halogens is 5. The highest BCUT2D eigenvalue weighted by Crippen LogP contribution is 2.38. The van der Waals surface area contributed by atoms with Gasteiger partial charge in [-0.3, -0.25) is 5.43 Å². The van der Waals surface area contributed by atoms with Crippen molar-refractivity contribution in [2.24, 2.45) is 5.10 Å². The van der Waals surface area contributed by atoms with Crippen molar-refractivity contribution in [3.63, 3.8) is 0 Å². The van der Waals surface area contributed by atoms with Crippen molar-refractivity contribution >= 4 is 41.1 Å². The second-order valence-corrected chi connectivity index (χ2v) is 3.84. The van der Waals surface area contributed by atoms with Crippen molar-refractivity contribution < 1.29 is 23.1 Å². The topological polar surface area (TPSA) is 61.7 Å². The third-order valence-electron chi connectivity index (χ3n) is 1.72. The molecule has 9 heteroatoms. The van der Waals surface area contributed by atoms with Crippen LogP contribution < -0.4 is 5.43 Å². The maximum Gasteiger partial charge on any atom is 0.416 e. The molecule has 0 unspecified atom stereocenters. The largest absolute Gasteiger partial charge is 0.477 e. The number of carbonyl (C=O) groups is 1. The molecule has 0 radical (unpaired) electrons. The van der Waals surface area contributed by atoms with Crippen LogP contribution in [0.5, 0.6) is 0 Å². The number of hydrogen-bond donors (Lipinski definition) is 2. The average molecular weight is 301 g/mol. The number of benzene rings is 1. The Kier molecular flexibility index (Phi) is 4.42. The standard InChI is InChI=1S/C9H5Cl2F3N2O2/c10-5-1-4(9(12,13)14)2-6(11)8(5)16-15-3-7(17)18/h1-3,16H,(H,17,18). The van der Waals surface area contributed by atoms with E-state index in [0.717, 1.165) is 0 Å². The summed E-state index contributed by atoms with van der Waals surface area (Å²) in [5.74, 6) is -1.33. The van der Waals surface area contributed by atoms with Crippen LogP contribution in [0, 0.1) is 0 Å². The van der Waals surface area contributed by atoms with Crippen molar-refractivity contribution in [3.8, 4) is 0 Å². The molecule has 1 rings (SSSR count). The fraction of sp³-hybridized carbons (Fsp3) is 0.111. The molecule has 0 aliphatic heterocycles. The number of hydrazone groups is 1. The number of rotatable bonds is 3. The summed E-state index contributed by atoms with van der Waals surface area (Å²) < 4.78 is 37.2. The molecular formula is C9H5Cl2F3N2O2. The number of nitrogens with one attached hydrogen (secondary N) is 1. The van der Waals surface area contributed by atoms with Crippen LogP contribution in [0.3, 0.4) is 0 Å². The van der Waals surface area contributed by atoms with Crippen LogP contribution in [0.25, 0.3) is 0 Å². The Labute approximate surface area is 109 Å². The normalized spacial score (nSPS) is 11.8. The Morgan fingerprint density at radius 2 is 1.83 bits per heavy atom. The summed E-state index contributed by atoms with van der Waals surface area (Å²) in [6.07, 6.45) is -4.07. The Balaban J connectivity index is 3.06. The molecule has 0 bridgehead atoms. The smallest absolute Gasteiger partial charge is 0.416 e. The maximum absolute atomic E-state index is 12.4. The van der Waals surface area contributed by atoms with Gasteiger partial charge >= 0.3 is 12.1 Å². The van der Waals surface area contributed by atoms with E-state index in [1.807, 2.05) is 0 Å². The molecule has 1 aromatic carbocycles. The summed E-state index contributed by atoms with van der Waals surface area (Å²) in [6.45, 7) is 0. The van der Waals surface area contributed by atoms with Crippen LogP contribution in [0.4, 0.5) is 18.9 Å². The van der Waals surface area contributed by atoms with Crippen LogP contribution in [-0.4, -0.2) is 17.3 Å². The van der Waals surface area contributed by atoms with Gasteiger partial charge in [0, 0.05) is 0 Å². The zero-order valence-corrected chi connectivity index (χ0v) is 9.94. The molecule has 0 heterocycles. The first-order chi connectivity index (χ1) is 8.21. The minimum absolute atomic E-state index is 0.108. The zero-order chi connectivity index (χ0) is 13.9. The van der Waals surface area contributed by atoms with Gasteiger partial charge in [-0.15, -0.1) is 0 Å². The van der Waals surface area contributed by atoms with Gasteiger partial charge in [0.25, 0.3) is 0 Å². The van der Waals surface area contributed by atoms with Crippen molar-refractivity contribution in [1.82, 2.24) is 0 Å². The molecule has 98 valence electrons. The molecule has 4 nitrogen and oxygen atoms in total. The van der Waals surface area contributed by atoms with E-state index in [0.29, 0.717) is 18.3 Å². The van der Waals surface area contributed by atoms with Gasteiger partial charge in [0.15, 0.2) is 0 Å². The van der Waals surface area contributed by atoms with E-state index < -0.39 is 17.7 Å². The molecule has 0 atom stereocenters. The van der Waals surface area contributed by atoms with E-state index >= 15 is 0 Å². The molecule has 0 spiro atoms. The first-order valence-corrected chi connectivity index (χ1v) is 5.05. The SMILES string of the molecule is O=C(O)C=NNc1c(Cl)cc(C(F)(F)F)cc1Cl. The van der Waals surface area contributed by atoms with E-state index in [9.17, 15) is 18.0 Å².